The molecule has 0 aliphatic carbocycles. The third-order valence-electron chi connectivity index (χ3n) is 2.49. The van der Waals surface area contributed by atoms with Crippen LogP contribution in [0.3, 0.4) is 0 Å². The molecule has 23 heavy (non-hydrogen) atoms. The summed E-state index contributed by atoms with van der Waals surface area (Å²) in [5, 5.41) is 33.8. The minimum atomic E-state index is -1.24. The van der Waals surface area contributed by atoms with Gasteiger partial charge in [-0.05, 0) is 13.8 Å². The third kappa shape index (κ3) is 10.6. The quantitative estimate of drug-likeness (QED) is 0.317. The summed E-state index contributed by atoms with van der Waals surface area (Å²) in [5.74, 6) is -1.28. The number of rotatable bonds is 9. The topological polar surface area (TPSA) is 134 Å². The lowest BCUT2D eigenvalue weighted by Gasteiger charge is -2.28. The van der Waals surface area contributed by atoms with E-state index in [0.29, 0.717) is 0 Å². The fraction of sp³-hybridized carbons (Fsp3) is 0.600. The van der Waals surface area contributed by atoms with Crippen molar-refractivity contribution in [1.29, 1.82) is 0 Å². The average molecular weight is 334 g/mol. The summed E-state index contributed by atoms with van der Waals surface area (Å²) in [4.78, 5) is 22.5. The van der Waals surface area contributed by atoms with E-state index >= 15 is 0 Å². The van der Waals surface area contributed by atoms with E-state index in [-0.39, 0.29) is 37.6 Å². The number of ether oxygens (including phenoxy) is 2. The maximum atomic E-state index is 11.3. The third-order valence-corrected chi connectivity index (χ3v) is 2.49. The van der Waals surface area contributed by atoms with Gasteiger partial charge in [0, 0.05) is 11.1 Å². The molecule has 0 amide bonds. The summed E-state index contributed by atoms with van der Waals surface area (Å²) in [7, 11) is 0. The molecule has 0 aliphatic heterocycles. The van der Waals surface area contributed by atoms with Crippen LogP contribution in [0.25, 0.3) is 0 Å². The van der Waals surface area contributed by atoms with Crippen molar-refractivity contribution in [2.24, 2.45) is 5.41 Å². The van der Waals surface area contributed by atoms with Gasteiger partial charge < -0.3 is 29.9 Å². The molecular weight excluding hydrogens is 308 g/mol. The summed E-state index contributed by atoms with van der Waals surface area (Å²) >= 11 is 0. The molecule has 0 saturated carbocycles. The molecular formula is C15H26O8. The maximum absolute atomic E-state index is 11.3. The van der Waals surface area contributed by atoms with Crippen LogP contribution in [0, 0.1) is 5.41 Å². The highest BCUT2D eigenvalue weighted by atomic mass is 16.6. The van der Waals surface area contributed by atoms with Gasteiger partial charge in [0.25, 0.3) is 0 Å². The zero-order chi connectivity index (χ0) is 18.5. The predicted molar refractivity (Wildman–Crippen MR) is 82.3 cm³/mol. The smallest absolute Gasteiger partial charge is 0.333 e. The highest BCUT2D eigenvalue weighted by Gasteiger charge is 2.33. The molecule has 0 spiro atoms. The Balaban J connectivity index is 0. The Morgan fingerprint density at radius 3 is 1.30 bits per heavy atom. The number of carbonyl (C=O) groups excluding carboxylic acids is 2. The van der Waals surface area contributed by atoms with Crippen molar-refractivity contribution in [3.63, 3.8) is 0 Å². The van der Waals surface area contributed by atoms with E-state index < -0.39 is 30.6 Å². The van der Waals surface area contributed by atoms with Crippen molar-refractivity contribution < 1.29 is 39.5 Å². The summed E-state index contributed by atoms with van der Waals surface area (Å²) in [5.41, 5.74) is -0.844. The minimum absolute atomic E-state index is 0.125. The molecule has 0 aromatic rings. The summed E-state index contributed by atoms with van der Waals surface area (Å²) < 4.78 is 9.74. The molecule has 0 aromatic carbocycles. The first-order valence-corrected chi connectivity index (χ1v) is 6.78. The maximum Gasteiger partial charge on any atom is 0.333 e. The average Bonchev–Trinajstić information content (AvgIpc) is 2.54. The van der Waals surface area contributed by atoms with Crippen LogP contribution in [-0.4, -0.2) is 72.0 Å². The largest absolute Gasteiger partial charge is 0.461 e. The Morgan fingerprint density at radius 1 is 0.826 bits per heavy atom. The van der Waals surface area contributed by atoms with E-state index in [0.717, 1.165) is 0 Å². The molecule has 0 aliphatic rings. The van der Waals surface area contributed by atoms with Gasteiger partial charge in [-0.3, -0.25) is 0 Å². The molecule has 0 radical (unpaired) electrons. The van der Waals surface area contributed by atoms with Gasteiger partial charge in [0.1, 0.15) is 13.2 Å². The second kappa shape index (κ2) is 12.8. The zero-order valence-corrected chi connectivity index (χ0v) is 13.6. The van der Waals surface area contributed by atoms with E-state index in [1.54, 1.807) is 0 Å². The monoisotopic (exact) mass is 334 g/mol. The van der Waals surface area contributed by atoms with Gasteiger partial charge in [-0.1, -0.05) is 13.2 Å². The fourth-order valence-electron chi connectivity index (χ4n) is 0.958. The fourth-order valence-corrected chi connectivity index (χ4v) is 0.958. The van der Waals surface area contributed by atoms with Gasteiger partial charge in [0.05, 0.1) is 31.8 Å². The first-order chi connectivity index (χ1) is 10.7. The Morgan fingerprint density at radius 2 is 1.13 bits per heavy atom. The lowest BCUT2D eigenvalue weighted by atomic mass is 9.92. The predicted octanol–water partition coefficient (Wildman–Crippen LogP) is -0.833. The Labute approximate surface area is 135 Å². The number of esters is 2. The number of aliphatic hydroxyl groups excluding tert-OH is 4. The standard InChI is InChI=1S/C13H20O6.C2H6O2/c1-9(2)11(16)18-7-13(5-14,6-15)8-19-12(17)10(3)4;3-1-2-4/h14-15H,1,3,5-8H2,2,4H3;3-4H,1-2H2. The minimum Gasteiger partial charge on any atom is -0.461 e. The Kier molecular flexibility index (Phi) is 13.1. The van der Waals surface area contributed by atoms with Crippen molar-refractivity contribution >= 4 is 11.9 Å². The molecule has 0 aromatic heterocycles. The molecule has 134 valence electrons. The Hall–Kier alpha value is -1.74. The van der Waals surface area contributed by atoms with Crippen molar-refractivity contribution in [3.8, 4) is 0 Å². The van der Waals surface area contributed by atoms with Crippen molar-refractivity contribution in [3.05, 3.63) is 24.3 Å². The van der Waals surface area contributed by atoms with E-state index in [1.807, 2.05) is 0 Å². The van der Waals surface area contributed by atoms with Gasteiger partial charge in [0.15, 0.2) is 0 Å². The van der Waals surface area contributed by atoms with Crippen molar-refractivity contribution in [1.82, 2.24) is 0 Å². The number of hydrogen-bond acceptors (Lipinski definition) is 8. The van der Waals surface area contributed by atoms with E-state index in [2.05, 4.69) is 13.2 Å². The van der Waals surface area contributed by atoms with Crippen LogP contribution in [0.1, 0.15) is 13.8 Å². The second-order valence-corrected chi connectivity index (χ2v) is 4.98. The van der Waals surface area contributed by atoms with Crippen molar-refractivity contribution in [2.45, 2.75) is 13.8 Å². The van der Waals surface area contributed by atoms with Gasteiger partial charge in [-0.25, -0.2) is 9.59 Å². The molecule has 8 heteroatoms. The number of hydrogen-bond donors (Lipinski definition) is 4. The zero-order valence-electron chi connectivity index (χ0n) is 13.6. The summed E-state index contributed by atoms with van der Waals surface area (Å²) in [6.45, 7) is 7.94. The molecule has 0 heterocycles. The van der Waals surface area contributed by atoms with Crippen LogP contribution in [0.15, 0.2) is 24.3 Å². The Bertz CT molecular complexity index is 364. The van der Waals surface area contributed by atoms with Gasteiger partial charge >= 0.3 is 11.9 Å². The molecule has 0 saturated heterocycles. The highest BCUT2D eigenvalue weighted by Crippen LogP contribution is 2.18. The van der Waals surface area contributed by atoms with Crippen molar-refractivity contribution in [2.75, 3.05) is 39.6 Å². The summed E-state index contributed by atoms with van der Waals surface area (Å²) in [6, 6.07) is 0. The van der Waals surface area contributed by atoms with E-state index in [1.165, 1.54) is 13.8 Å². The normalized spacial score (nSPS) is 10.2. The van der Waals surface area contributed by atoms with Crippen LogP contribution in [0.5, 0.6) is 0 Å². The molecule has 0 atom stereocenters. The van der Waals surface area contributed by atoms with Gasteiger partial charge in [-0.2, -0.15) is 0 Å². The molecule has 0 fully saturated rings. The van der Waals surface area contributed by atoms with Crippen LogP contribution >= 0.6 is 0 Å². The van der Waals surface area contributed by atoms with Gasteiger partial charge in [-0.15, -0.1) is 0 Å². The first-order valence-electron chi connectivity index (χ1n) is 6.78. The van der Waals surface area contributed by atoms with Crippen LogP contribution in [0.4, 0.5) is 0 Å². The number of carbonyl (C=O) groups is 2. The molecule has 0 rings (SSSR count). The SMILES string of the molecule is C=C(C)C(=O)OCC(CO)(CO)COC(=O)C(=C)C.OCCO. The van der Waals surface area contributed by atoms with Crippen LogP contribution in [0.2, 0.25) is 0 Å². The second-order valence-electron chi connectivity index (χ2n) is 4.98. The molecule has 8 nitrogen and oxygen atoms in total. The first kappa shape index (κ1) is 23.5. The lowest BCUT2D eigenvalue weighted by molar-refractivity contribution is -0.154. The summed E-state index contributed by atoms with van der Waals surface area (Å²) in [6.07, 6.45) is 0. The highest BCUT2D eigenvalue weighted by molar-refractivity contribution is 5.87. The number of aliphatic hydroxyl groups is 4. The van der Waals surface area contributed by atoms with Crippen LogP contribution in [-0.2, 0) is 19.1 Å². The van der Waals surface area contributed by atoms with E-state index in [9.17, 15) is 19.8 Å². The van der Waals surface area contributed by atoms with E-state index in [4.69, 9.17) is 19.7 Å². The lowest BCUT2D eigenvalue weighted by Crippen LogP contribution is -2.41. The van der Waals surface area contributed by atoms with Gasteiger partial charge in [0.2, 0.25) is 0 Å². The van der Waals surface area contributed by atoms with Crippen LogP contribution < -0.4 is 0 Å². The molecule has 0 unspecified atom stereocenters. The molecule has 0 bridgehead atoms. The molecule has 4 N–H and O–H groups in total.